The number of hydrogen-bond acceptors (Lipinski definition) is 2. The molecule has 0 unspecified atom stereocenters. The maximum absolute atomic E-state index is 13.5. The molecule has 106 valence electrons. The van der Waals surface area contributed by atoms with Crippen molar-refractivity contribution in [1.29, 1.82) is 0 Å². The van der Waals surface area contributed by atoms with Crippen molar-refractivity contribution in [2.45, 2.75) is 20.4 Å². The summed E-state index contributed by atoms with van der Waals surface area (Å²) in [6, 6.07) is 6.13. The van der Waals surface area contributed by atoms with Gasteiger partial charge >= 0.3 is 0 Å². The van der Waals surface area contributed by atoms with E-state index in [1.54, 1.807) is 26.0 Å². The first-order valence-corrected chi connectivity index (χ1v) is 6.50. The minimum Gasteiger partial charge on any atom is -0.397 e. The van der Waals surface area contributed by atoms with Crippen LogP contribution >= 0.6 is 11.6 Å². The van der Waals surface area contributed by atoms with Crippen molar-refractivity contribution in [3.63, 3.8) is 0 Å². The lowest BCUT2D eigenvalue weighted by atomic mass is 10.1. The van der Waals surface area contributed by atoms with Crippen LogP contribution < -0.4 is 11.1 Å². The molecule has 2 aromatic carbocycles. The Morgan fingerprint density at radius 1 is 1.10 bits per heavy atom. The van der Waals surface area contributed by atoms with E-state index in [0.29, 0.717) is 23.4 Å². The van der Waals surface area contributed by atoms with Gasteiger partial charge in [-0.25, -0.2) is 8.78 Å². The van der Waals surface area contributed by atoms with Gasteiger partial charge < -0.3 is 11.1 Å². The summed E-state index contributed by atoms with van der Waals surface area (Å²) in [6.45, 7) is 3.89. The molecule has 0 saturated carbocycles. The number of rotatable bonds is 3. The Bertz CT molecular complexity index is 634. The van der Waals surface area contributed by atoms with E-state index in [-0.39, 0.29) is 16.5 Å². The summed E-state index contributed by atoms with van der Waals surface area (Å²) in [6.07, 6.45) is 0. The molecule has 3 N–H and O–H groups in total. The zero-order valence-corrected chi connectivity index (χ0v) is 12.0. The van der Waals surface area contributed by atoms with Crippen molar-refractivity contribution in [1.82, 2.24) is 0 Å². The van der Waals surface area contributed by atoms with E-state index >= 15 is 0 Å². The molecule has 2 aromatic rings. The lowest BCUT2D eigenvalue weighted by molar-refractivity contribution is 0.608. The number of aryl methyl sites for hydroxylation is 2. The van der Waals surface area contributed by atoms with Gasteiger partial charge in [0.2, 0.25) is 0 Å². The van der Waals surface area contributed by atoms with E-state index in [2.05, 4.69) is 5.32 Å². The third-order valence-corrected chi connectivity index (χ3v) is 3.36. The molecule has 0 aromatic heterocycles. The first-order valence-electron chi connectivity index (χ1n) is 6.12. The summed E-state index contributed by atoms with van der Waals surface area (Å²) in [5.74, 6) is -0.749. The highest BCUT2D eigenvalue weighted by molar-refractivity contribution is 6.31. The first kappa shape index (κ1) is 14.6. The Hall–Kier alpha value is -1.81. The van der Waals surface area contributed by atoms with Gasteiger partial charge in [0.25, 0.3) is 0 Å². The second-order valence-corrected chi connectivity index (χ2v) is 5.16. The summed E-state index contributed by atoms with van der Waals surface area (Å²) in [5, 5.41) is 3.08. The van der Waals surface area contributed by atoms with Gasteiger partial charge in [-0.05, 0) is 36.6 Å². The van der Waals surface area contributed by atoms with E-state index in [1.807, 2.05) is 0 Å². The molecule has 0 radical (unpaired) electrons. The van der Waals surface area contributed by atoms with E-state index in [0.717, 1.165) is 5.56 Å². The normalized spacial score (nSPS) is 10.7. The van der Waals surface area contributed by atoms with E-state index in [1.165, 1.54) is 12.1 Å². The molecule has 0 aliphatic carbocycles. The third-order valence-electron chi connectivity index (χ3n) is 3.07. The van der Waals surface area contributed by atoms with Crippen LogP contribution in [0.5, 0.6) is 0 Å². The fraction of sp³-hybridized carbons (Fsp3) is 0.200. The Morgan fingerprint density at radius 3 is 2.30 bits per heavy atom. The summed E-state index contributed by atoms with van der Waals surface area (Å²) in [4.78, 5) is 0. The number of nitrogens with two attached hydrogens (primary N) is 1. The molecular formula is C15H15ClF2N2. The average molecular weight is 297 g/mol. The van der Waals surface area contributed by atoms with Gasteiger partial charge in [0, 0.05) is 12.6 Å². The third kappa shape index (κ3) is 3.02. The average Bonchev–Trinajstić information content (AvgIpc) is 2.38. The molecule has 0 atom stereocenters. The van der Waals surface area contributed by atoms with Crippen molar-refractivity contribution in [3.05, 3.63) is 57.6 Å². The molecule has 0 aliphatic rings. The van der Waals surface area contributed by atoms with Gasteiger partial charge in [-0.2, -0.15) is 0 Å². The number of nitrogen functional groups attached to an aromatic ring is 1. The van der Waals surface area contributed by atoms with Gasteiger partial charge in [0.05, 0.1) is 16.4 Å². The summed E-state index contributed by atoms with van der Waals surface area (Å²) < 4.78 is 26.7. The summed E-state index contributed by atoms with van der Waals surface area (Å²) in [7, 11) is 0. The van der Waals surface area contributed by atoms with Crippen molar-refractivity contribution < 1.29 is 8.78 Å². The van der Waals surface area contributed by atoms with Crippen LogP contribution in [0.15, 0.2) is 24.3 Å². The van der Waals surface area contributed by atoms with E-state index < -0.39 is 5.82 Å². The second-order valence-electron chi connectivity index (χ2n) is 4.75. The molecule has 0 bridgehead atoms. The van der Waals surface area contributed by atoms with E-state index in [4.69, 9.17) is 17.3 Å². The number of nitrogens with one attached hydrogen (secondary N) is 1. The Balaban J connectivity index is 2.19. The van der Waals surface area contributed by atoms with Gasteiger partial charge in [-0.1, -0.05) is 23.7 Å². The molecule has 0 aliphatic heterocycles. The zero-order chi connectivity index (χ0) is 14.9. The molecule has 0 heterocycles. The molecule has 0 saturated heterocycles. The highest BCUT2D eigenvalue weighted by Crippen LogP contribution is 2.27. The molecule has 0 spiro atoms. The highest BCUT2D eigenvalue weighted by Gasteiger charge is 2.08. The number of hydrogen-bond donors (Lipinski definition) is 2. The number of benzene rings is 2. The van der Waals surface area contributed by atoms with Gasteiger partial charge in [-0.15, -0.1) is 0 Å². The maximum atomic E-state index is 13.5. The fourth-order valence-electron chi connectivity index (χ4n) is 2.05. The van der Waals surface area contributed by atoms with Gasteiger partial charge in [0.1, 0.15) is 11.6 Å². The van der Waals surface area contributed by atoms with Crippen LogP contribution in [0, 0.1) is 25.5 Å². The fourth-order valence-corrected chi connectivity index (χ4v) is 2.21. The lowest BCUT2D eigenvalue weighted by Gasteiger charge is -2.12. The molecular weight excluding hydrogens is 282 g/mol. The van der Waals surface area contributed by atoms with Crippen LogP contribution in [0.3, 0.4) is 0 Å². The highest BCUT2D eigenvalue weighted by atomic mass is 35.5. The number of halogens is 3. The first-order chi connectivity index (χ1) is 9.38. The van der Waals surface area contributed by atoms with E-state index in [9.17, 15) is 8.78 Å². The van der Waals surface area contributed by atoms with Crippen molar-refractivity contribution >= 4 is 23.0 Å². The van der Waals surface area contributed by atoms with Crippen LogP contribution in [-0.2, 0) is 6.54 Å². The predicted molar refractivity (Wildman–Crippen MR) is 79.0 cm³/mol. The number of anilines is 2. The standard InChI is InChI=1S/C15H15ClF2N2/c1-8-3-10(4-9(2)15(8)18)7-20-14-5-11(16)12(17)6-13(14)19/h3-6,20H,7,19H2,1-2H3. The van der Waals surface area contributed by atoms with Gasteiger partial charge in [-0.3, -0.25) is 0 Å². The second kappa shape index (κ2) is 5.67. The minimum atomic E-state index is -0.553. The van der Waals surface area contributed by atoms with Gasteiger partial charge in [0.15, 0.2) is 0 Å². The summed E-state index contributed by atoms with van der Waals surface area (Å²) in [5.41, 5.74) is 8.65. The lowest BCUT2D eigenvalue weighted by Crippen LogP contribution is -2.04. The Labute approximate surface area is 121 Å². The van der Waals surface area contributed by atoms with Crippen LogP contribution in [0.1, 0.15) is 16.7 Å². The van der Waals surface area contributed by atoms with Crippen molar-refractivity contribution in [3.8, 4) is 0 Å². The quantitative estimate of drug-likeness (QED) is 0.822. The molecule has 2 nitrogen and oxygen atoms in total. The summed E-state index contributed by atoms with van der Waals surface area (Å²) >= 11 is 5.72. The van der Waals surface area contributed by atoms with Crippen LogP contribution in [-0.4, -0.2) is 0 Å². The topological polar surface area (TPSA) is 38.0 Å². The van der Waals surface area contributed by atoms with Crippen molar-refractivity contribution in [2.24, 2.45) is 0 Å². The predicted octanol–water partition coefficient (Wildman–Crippen LogP) is 4.43. The Morgan fingerprint density at radius 2 is 1.70 bits per heavy atom. The van der Waals surface area contributed by atoms with Crippen LogP contribution in [0.25, 0.3) is 0 Å². The van der Waals surface area contributed by atoms with Crippen LogP contribution in [0.4, 0.5) is 20.2 Å². The molecule has 20 heavy (non-hydrogen) atoms. The largest absolute Gasteiger partial charge is 0.397 e. The molecule has 2 rings (SSSR count). The monoisotopic (exact) mass is 296 g/mol. The zero-order valence-electron chi connectivity index (χ0n) is 11.2. The molecule has 0 amide bonds. The SMILES string of the molecule is Cc1cc(CNc2cc(Cl)c(F)cc2N)cc(C)c1F. The Kier molecular flexibility index (Phi) is 4.14. The smallest absolute Gasteiger partial charge is 0.143 e. The van der Waals surface area contributed by atoms with Crippen molar-refractivity contribution in [2.75, 3.05) is 11.1 Å². The molecule has 0 fully saturated rings. The maximum Gasteiger partial charge on any atom is 0.143 e. The minimum absolute atomic E-state index is 0.00756. The van der Waals surface area contributed by atoms with Crippen LogP contribution in [0.2, 0.25) is 5.02 Å². The molecule has 5 heteroatoms.